The van der Waals surface area contributed by atoms with Crippen LogP contribution in [-0.4, -0.2) is 100 Å². The Hall–Kier alpha value is -5.06. The molecule has 4 aromatic rings. The highest BCUT2D eigenvalue weighted by Gasteiger charge is 2.32. The zero-order valence-corrected chi connectivity index (χ0v) is 33.3. The van der Waals surface area contributed by atoms with Crippen molar-refractivity contribution >= 4 is 50.4 Å². The number of nitrogens with one attached hydrogen (secondary N) is 2. The number of nitrogens with zero attached hydrogens (tertiary/aromatic N) is 7. The lowest BCUT2D eigenvalue weighted by atomic mass is 9.92. The molecule has 2 N–H and O–H groups in total. The molecule has 0 radical (unpaired) electrons. The average Bonchev–Trinajstić information content (AvgIpc) is 3.73. The molecule has 6 heterocycles. The number of sulfonamides is 1. The molecule has 57 heavy (non-hydrogen) atoms. The van der Waals surface area contributed by atoms with Gasteiger partial charge in [0.15, 0.2) is 5.78 Å². The van der Waals surface area contributed by atoms with E-state index in [9.17, 15) is 27.6 Å². The Morgan fingerprint density at radius 2 is 1.60 bits per heavy atom. The molecule has 1 aliphatic carbocycles. The summed E-state index contributed by atoms with van der Waals surface area (Å²) in [6, 6.07) is 11.0. The predicted molar refractivity (Wildman–Crippen MR) is 215 cm³/mol. The number of hydrogen-bond donors (Lipinski definition) is 2. The largest absolute Gasteiger partial charge is 0.354 e. The summed E-state index contributed by atoms with van der Waals surface area (Å²) in [6.07, 6.45) is 9.17. The highest BCUT2D eigenvalue weighted by atomic mass is 32.2. The first-order valence-electron chi connectivity index (χ1n) is 20.0. The predicted octanol–water partition coefficient (Wildman–Crippen LogP) is 3.92. The number of carbonyl (C=O) groups excluding carboxylic acids is 3. The fourth-order valence-corrected chi connectivity index (χ4v) is 10.3. The number of fused-ring (bicyclic) bond motifs is 1. The van der Waals surface area contributed by atoms with Crippen LogP contribution >= 0.6 is 0 Å². The van der Waals surface area contributed by atoms with E-state index in [-0.39, 0.29) is 51.6 Å². The molecule has 8 rings (SSSR count). The molecule has 4 aliphatic rings. The third kappa shape index (κ3) is 7.94. The van der Waals surface area contributed by atoms with Gasteiger partial charge in [-0.25, -0.2) is 18.4 Å². The summed E-state index contributed by atoms with van der Waals surface area (Å²) in [4.78, 5) is 68.6. The second kappa shape index (κ2) is 16.1. The second-order valence-corrected chi connectivity index (χ2v) is 17.7. The summed E-state index contributed by atoms with van der Waals surface area (Å²) >= 11 is 0. The number of ketones is 1. The molecule has 15 nitrogen and oxygen atoms in total. The van der Waals surface area contributed by atoms with Gasteiger partial charge in [0.2, 0.25) is 27.8 Å². The zero-order valence-electron chi connectivity index (χ0n) is 32.4. The van der Waals surface area contributed by atoms with Gasteiger partial charge >= 0.3 is 0 Å². The first-order chi connectivity index (χ1) is 27.5. The van der Waals surface area contributed by atoms with Crippen LogP contribution in [0.5, 0.6) is 0 Å². The molecule has 1 aromatic carbocycles. The number of imide groups is 1. The number of Topliss-reactive ketones (excluding diaryl/α,β-unsaturated/α-hetero) is 1. The number of pyridine rings is 2. The van der Waals surface area contributed by atoms with E-state index < -0.39 is 10.0 Å². The number of rotatable bonds is 10. The minimum Gasteiger partial charge on any atom is -0.354 e. The number of benzene rings is 1. The summed E-state index contributed by atoms with van der Waals surface area (Å²) < 4.78 is 30.6. The Morgan fingerprint density at radius 3 is 2.25 bits per heavy atom. The van der Waals surface area contributed by atoms with E-state index in [4.69, 9.17) is 4.98 Å². The van der Waals surface area contributed by atoms with Crippen LogP contribution in [-0.2, 0) is 26.2 Å². The third-order valence-corrected chi connectivity index (χ3v) is 14.0. The molecule has 1 atom stereocenters. The van der Waals surface area contributed by atoms with Crippen LogP contribution in [0, 0.1) is 6.92 Å². The number of amides is 2. The van der Waals surface area contributed by atoms with Gasteiger partial charge in [-0.05, 0) is 80.8 Å². The van der Waals surface area contributed by atoms with E-state index in [0.717, 1.165) is 68.8 Å². The van der Waals surface area contributed by atoms with Gasteiger partial charge in [-0.2, -0.15) is 9.29 Å². The van der Waals surface area contributed by atoms with Gasteiger partial charge in [0.05, 0.1) is 16.4 Å². The van der Waals surface area contributed by atoms with Crippen molar-refractivity contribution in [2.24, 2.45) is 0 Å². The number of piperidine rings is 2. The molecule has 300 valence electrons. The standard InChI is InChI=1S/C41H49N9O6S/c1-26-34-24-43-41(46-38(34)50(31-5-3-4-6-31)40(54)37(26)27(2)51)44-30-15-17-49(18-16-30)57(55,56)32-10-7-28(8-11-32)25-47-19-21-48(22-20-47)35-13-9-29(23-42-35)33-12-14-36(52)45-39(33)53/h7-11,13,23-24,30-31,33H,3-6,12,14-22,25H2,1-2H3,(H,43,44,46)(H,45,52,53). The van der Waals surface area contributed by atoms with Crippen LogP contribution in [0.25, 0.3) is 11.0 Å². The van der Waals surface area contributed by atoms with Gasteiger partial charge in [-0.1, -0.05) is 31.0 Å². The molecule has 2 amide bonds. The number of carbonyl (C=O) groups is 3. The van der Waals surface area contributed by atoms with Crippen LogP contribution in [0.2, 0.25) is 0 Å². The van der Waals surface area contributed by atoms with E-state index in [1.165, 1.54) is 11.2 Å². The summed E-state index contributed by atoms with van der Waals surface area (Å²) in [5.41, 5.74) is 2.89. The normalized spacial score (nSPS) is 20.6. The fourth-order valence-electron chi connectivity index (χ4n) is 8.85. The van der Waals surface area contributed by atoms with Crippen LogP contribution in [0.4, 0.5) is 11.8 Å². The molecule has 1 unspecified atom stereocenters. The quantitative estimate of drug-likeness (QED) is 0.175. The summed E-state index contributed by atoms with van der Waals surface area (Å²) in [6.45, 7) is 7.83. The van der Waals surface area contributed by atoms with Gasteiger partial charge < -0.3 is 10.2 Å². The Bertz CT molecular complexity index is 2350. The van der Waals surface area contributed by atoms with Crippen LogP contribution in [0.1, 0.15) is 97.3 Å². The Balaban J connectivity index is 0.843. The van der Waals surface area contributed by atoms with E-state index in [2.05, 4.69) is 30.4 Å². The Labute approximate surface area is 331 Å². The van der Waals surface area contributed by atoms with Crippen LogP contribution < -0.4 is 21.1 Å². The Kier molecular flexibility index (Phi) is 10.9. The van der Waals surface area contributed by atoms with Crippen molar-refractivity contribution in [2.45, 2.75) is 94.7 Å². The van der Waals surface area contributed by atoms with Gasteiger partial charge in [0.25, 0.3) is 5.56 Å². The summed E-state index contributed by atoms with van der Waals surface area (Å²) in [7, 11) is -3.68. The van der Waals surface area contributed by atoms with Crippen molar-refractivity contribution in [1.82, 2.24) is 34.0 Å². The van der Waals surface area contributed by atoms with Crippen molar-refractivity contribution < 1.29 is 22.8 Å². The second-order valence-electron chi connectivity index (χ2n) is 15.8. The molecular formula is C41H49N9O6S. The molecule has 0 bridgehead atoms. The number of aromatic nitrogens is 4. The van der Waals surface area contributed by atoms with E-state index in [1.807, 2.05) is 24.3 Å². The number of hydrogen-bond acceptors (Lipinski definition) is 12. The van der Waals surface area contributed by atoms with Crippen molar-refractivity contribution in [1.29, 1.82) is 0 Å². The highest BCUT2D eigenvalue weighted by Crippen LogP contribution is 2.32. The number of aryl methyl sites for hydroxylation is 1. The number of piperazine rings is 1. The van der Waals surface area contributed by atoms with E-state index >= 15 is 0 Å². The molecule has 16 heteroatoms. The lowest BCUT2D eigenvalue weighted by Gasteiger charge is -2.35. The minimum atomic E-state index is -3.68. The smallest absolute Gasteiger partial charge is 0.263 e. The van der Waals surface area contributed by atoms with Gasteiger partial charge in [-0.3, -0.25) is 34.0 Å². The van der Waals surface area contributed by atoms with Crippen LogP contribution in [0.15, 0.2) is 58.5 Å². The molecule has 3 saturated heterocycles. The fraction of sp³-hybridized carbons (Fsp3) is 0.488. The van der Waals surface area contributed by atoms with Crippen molar-refractivity contribution in [3.05, 3.63) is 81.4 Å². The number of anilines is 2. The monoisotopic (exact) mass is 795 g/mol. The van der Waals surface area contributed by atoms with Crippen molar-refractivity contribution in [3.63, 3.8) is 0 Å². The maximum atomic E-state index is 13.7. The van der Waals surface area contributed by atoms with Crippen molar-refractivity contribution in [2.75, 3.05) is 49.5 Å². The van der Waals surface area contributed by atoms with Crippen LogP contribution in [0.3, 0.4) is 0 Å². The molecule has 4 fully saturated rings. The molecule has 3 aliphatic heterocycles. The maximum absolute atomic E-state index is 13.7. The zero-order chi connectivity index (χ0) is 39.8. The highest BCUT2D eigenvalue weighted by molar-refractivity contribution is 7.89. The maximum Gasteiger partial charge on any atom is 0.263 e. The molecule has 0 spiro atoms. The van der Waals surface area contributed by atoms with Crippen molar-refractivity contribution in [3.8, 4) is 0 Å². The molecular weight excluding hydrogens is 747 g/mol. The Morgan fingerprint density at radius 1 is 0.877 bits per heavy atom. The van der Waals surface area contributed by atoms with Gasteiger partial charge in [0, 0.05) is 82.1 Å². The first-order valence-corrected chi connectivity index (χ1v) is 21.5. The lowest BCUT2D eigenvalue weighted by Crippen LogP contribution is -2.46. The topological polar surface area (TPSA) is 180 Å². The SMILES string of the molecule is CC(=O)c1c(C)c2cnc(NC3CCN(S(=O)(=O)c4ccc(CN5CCN(c6ccc(C7CCC(=O)NC7=O)cn6)CC5)cc4)CC3)nc2n(C2CCCC2)c1=O. The molecule has 1 saturated carbocycles. The summed E-state index contributed by atoms with van der Waals surface area (Å²) in [5, 5.41) is 6.49. The van der Waals surface area contributed by atoms with Gasteiger partial charge in [0.1, 0.15) is 11.5 Å². The van der Waals surface area contributed by atoms with E-state index in [1.54, 1.807) is 36.0 Å². The first kappa shape index (κ1) is 38.8. The summed E-state index contributed by atoms with van der Waals surface area (Å²) in [5.74, 6) is 0.139. The third-order valence-electron chi connectivity index (χ3n) is 12.1. The minimum absolute atomic E-state index is 0.0101. The van der Waals surface area contributed by atoms with Gasteiger partial charge in [-0.15, -0.1) is 0 Å². The lowest BCUT2D eigenvalue weighted by molar-refractivity contribution is -0.134. The average molecular weight is 796 g/mol. The molecule has 3 aromatic heterocycles. The van der Waals surface area contributed by atoms with E-state index in [0.29, 0.717) is 67.9 Å².